The fraction of sp³-hybridized carbons (Fsp3) is 0.579. The molecule has 0 atom stereocenters. The molecular weight excluding hydrogens is 432 g/mol. The Morgan fingerprint density at radius 2 is 1.96 bits per heavy atom. The van der Waals surface area contributed by atoms with E-state index in [0.717, 1.165) is 30.3 Å². The Bertz CT molecular complexity index is 794. The summed E-state index contributed by atoms with van der Waals surface area (Å²) < 4.78 is 24.7. The van der Waals surface area contributed by atoms with Crippen LogP contribution in [-0.4, -0.2) is 12.9 Å². The molecule has 0 amide bonds. The van der Waals surface area contributed by atoms with Crippen LogP contribution >= 0.6 is 22.6 Å². The van der Waals surface area contributed by atoms with E-state index in [9.17, 15) is 4.39 Å². The number of hydrogen-bond donors (Lipinski definition) is 0. The first-order valence-corrected chi connectivity index (χ1v) is 12.7. The van der Waals surface area contributed by atoms with Crippen molar-refractivity contribution < 1.29 is 8.82 Å². The standard InChI is InChI=1S/C19H27FINOSi/c1-12(2)19(3,4)24(5,6)23-17-10-13-16(11-14(17)20)22-9-7-8-15(22)18(13)21/h10-12H,7-9H2,1-6H3. The summed E-state index contributed by atoms with van der Waals surface area (Å²) in [7, 11) is -2.12. The first-order chi connectivity index (χ1) is 11.1. The lowest BCUT2D eigenvalue weighted by molar-refractivity contribution is 0.384. The molecule has 5 heteroatoms. The maximum atomic E-state index is 14.8. The lowest BCUT2D eigenvalue weighted by Crippen LogP contribution is -2.48. The number of aromatic nitrogens is 1. The predicted molar refractivity (Wildman–Crippen MR) is 110 cm³/mol. The van der Waals surface area contributed by atoms with Crippen LogP contribution in [-0.2, 0) is 13.0 Å². The van der Waals surface area contributed by atoms with Gasteiger partial charge in [-0.1, -0.05) is 27.7 Å². The Kier molecular flexibility index (Phi) is 4.56. The quantitative estimate of drug-likeness (QED) is 0.384. The van der Waals surface area contributed by atoms with Gasteiger partial charge in [-0.3, -0.25) is 0 Å². The topological polar surface area (TPSA) is 14.2 Å². The van der Waals surface area contributed by atoms with Crippen molar-refractivity contribution in [2.24, 2.45) is 5.92 Å². The average Bonchev–Trinajstić information content (AvgIpc) is 3.04. The van der Waals surface area contributed by atoms with E-state index in [1.807, 2.05) is 6.07 Å². The Morgan fingerprint density at radius 1 is 1.29 bits per heavy atom. The van der Waals surface area contributed by atoms with Crippen LogP contribution < -0.4 is 4.43 Å². The number of hydrogen-bond acceptors (Lipinski definition) is 1. The fourth-order valence-electron chi connectivity index (χ4n) is 3.45. The van der Waals surface area contributed by atoms with Crippen molar-refractivity contribution in [3.05, 3.63) is 27.2 Å². The third-order valence-electron chi connectivity index (χ3n) is 6.31. The zero-order chi connectivity index (χ0) is 17.9. The van der Waals surface area contributed by atoms with E-state index in [1.165, 1.54) is 9.26 Å². The molecular formula is C19H27FINOSi. The summed E-state index contributed by atoms with van der Waals surface area (Å²) >= 11 is 2.40. The second-order valence-corrected chi connectivity index (χ2v) is 13.9. The highest BCUT2D eigenvalue weighted by Crippen LogP contribution is 2.46. The number of fused-ring (bicyclic) bond motifs is 3. The lowest BCUT2D eigenvalue weighted by Gasteiger charge is -2.42. The van der Waals surface area contributed by atoms with Crippen LogP contribution in [0, 0.1) is 15.3 Å². The van der Waals surface area contributed by atoms with Crippen molar-refractivity contribution in [2.75, 3.05) is 0 Å². The van der Waals surface area contributed by atoms with E-state index < -0.39 is 8.32 Å². The Hall–Kier alpha value is -0.563. The van der Waals surface area contributed by atoms with Crippen LogP contribution in [0.15, 0.2) is 12.1 Å². The zero-order valence-electron chi connectivity index (χ0n) is 15.5. The van der Waals surface area contributed by atoms with E-state index in [0.29, 0.717) is 11.7 Å². The Labute approximate surface area is 159 Å². The molecule has 132 valence electrons. The number of halogens is 2. The number of aryl methyl sites for hydroxylation is 1. The second kappa shape index (κ2) is 6.00. The minimum atomic E-state index is -2.12. The van der Waals surface area contributed by atoms with Gasteiger partial charge < -0.3 is 8.99 Å². The molecule has 1 aliphatic rings. The SMILES string of the molecule is CC(C)C(C)(C)[Si](C)(C)Oc1cc2c(I)c3n(c2cc1F)CCC3. The number of rotatable bonds is 4. The molecule has 0 N–H and O–H groups in total. The van der Waals surface area contributed by atoms with E-state index in [-0.39, 0.29) is 10.9 Å². The van der Waals surface area contributed by atoms with Crippen molar-refractivity contribution in [1.29, 1.82) is 0 Å². The molecule has 2 aromatic rings. The third-order valence-corrected chi connectivity index (χ3v) is 11.9. The second-order valence-electron chi connectivity index (χ2n) is 8.30. The van der Waals surface area contributed by atoms with Gasteiger partial charge in [0, 0.05) is 27.3 Å². The minimum Gasteiger partial charge on any atom is -0.542 e. The monoisotopic (exact) mass is 459 g/mol. The normalized spacial score (nSPS) is 15.4. The molecule has 24 heavy (non-hydrogen) atoms. The maximum Gasteiger partial charge on any atom is 0.251 e. The van der Waals surface area contributed by atoms with Gasteiger partial charge in [-0.2, -0.15) is 0 Å². The number of benzene rings is 1. The first-order valence-electron chi connectivity index (χ1n) is 8.75. The highest BCUT2D eigenvalue weighted by molar-refractivity contribution is 14.1. The summed E-state index contributed by atoms with van der Waals surface area (Å²) in [4.78, 5) is 0. The molecule has 1 aliphatic heterocycles. The van der Waals surface area contributed by atoms with Crippen LogP contribution in [0.2, 0.25) is 18.1 Å². The molecule has 2 heterocycles. The van der Waals surface area contributed by atoms with Crippen molar-refractivity contribution >= 4 is 41.8 Å². The fourth-order valence-corrected chi connectivity index (χ4v) is 6.80. The molecule has 1 aromatic carbocycles. The molecule has 0 radical (unpaired) electrons. The van der Waals surface area contributed by atoms with Crippen LogP contribution in [0.3, 0.4) is 0 Å². The Balaban J connectivity index is 2.05. The minimum absolute atomic E-state index is 0.0596. The summed E-state index contributed by atoms with van der Waals surface area (Å²) in [5.41, 5.74) is 2.36. The van der Waals surface area contributed by atoms with Gasteiger partial charge in [-0.05, 0) is 65.5 Å². The average molecular weight is 459 g/mol. The first kappa shape index (κ1) is 18.2. The molecule has 0 saturated carbocycles. The lowest BCUT2D eigenvalue weighted by atomic mass is 9.99. The maximum absolute atomic E-state index is 14.8. The van der Waals surface area contributed by atoms with Gasteiger partial charge in [0.25, 0.3) is 8.32 Å². The summed E-state index contributed by atoms with van der Waals surface area (Å²) in [6, 6.07) is 3.61. The molecule has 0 saturated heterocycles. The molecule has 0 aliphatic carbocycles. The summed E-state index contributed by atoms with van der Waals surface area (Å²) in [6.07, 6.45) is 2.25. The highest BCUT2D eigenvalue weighted by Gasteiger charge is 2.45. The molecule has 3 rings (SSSR count). The molecule has 1 aromatic heterocycles. The van der Waals surface area contributed by atoms with Gasteiger partial charge in [0.05, 0.1) is 5.52 Å². The zero-order valence-corrected chi connectivity index (χ0v) is 18.6. The highest BCUT2D eigenvalue weighted by atomic mass is 127. The van der Waals surface area contributed by atoms with E-state index in [2.05, 4.69) is 67.9 Å². The largest absolute Gasteiger partial charge is 0.542 e. The van der Waals surface area contributed by atoms with Gasteiger partial charge in [-0.15, -0.1) is 0 Å². The molecule has 2 nitrogen and oxygen atoms in total. The van der Waals surface area contributed by atoms with E-state index >= 15 is 0 Å². The number of nitrogens with zero attached hydrogens (tertiary/aromatic N) is 1. The van der Waals surface area contributed by atoms with E-state index in [1.54, 1.807) is 6.07 Å². The summed E-state index contributed by atoms with van der Waals surface area (Å²) in [5, 5.41) is 1.19. The van der Waals surface area contributed by atoms with Crippen LogP contribution in [0.4, 0.5) is 4.39 Å². The Morgan fingerprint density at radius 3 is 2.58 bits per heavy atom. The van der Waals surface area contributed by atoms with Crippen LogP contribution in [0.5, 0.6) is 5.75 Å². The predicted octanol–water partition coefficient (Wildman–Crippen LogP) is 6.35. The van der Waals surface area contributed by atoms with Gasteiger partial charge >= 0.3 is 0 Å². The van der Waals surface area contributed by atoms with Gasteiger partial charge in [-0.25, -0.2) is 4.39 Å². The van der Waals surface area contributed by atoms with Gasteiger partial charge in [0.1, 0.15) is 5.75 Å². The van der Waals surface area contributed by atoms with Crippen molar-refractivity contribution in [2.45, 2.75) is 65.2 Å². The van der Waals surface area contributed by atoms with Crippen molar-refractivity contribution in [1.82, 2.24) is 4.57 Å². The molecule has 0 bridgehead atoms. The summed E-state index contributed by atoms with van der Waals surface area (Å²) in [6.45, 7) is 14.3. The van der Waals surface area contributed by atoms with Crippen molar-refractivity contribution in [3.63, 3.8) is 0 Å². The third kappa shape index (κ3) is 2.71. The molecule has 0 fully saturated rings. The van der Waals surface area contributed by atoms with Gasteiger partial charge in [0.2, 0.25) is 0 Å². The van der Waals surface area contributed by atoms with Gasteiger partial charge in [0.15, 0.2) is 5.82 Å². The molecule has 0 unspecified atom stereocenters. The van der Waals surface area contributed by atoms with Crippen molar-refractivity contribution in [3.8, 4) is 5.75 Å². The smallest absolute Gasteiger partial charge is 0.251 e. The van der Waals surface area contributed by atoms with Crippen LogP contribution in [0.25, 0.3) is 10.9 Å². The molecule has 0 spiro atoms. The van der Waals surface area contributed by atoms with Crippen LogP contribution in [0.1, 0.15) is 39.8 Å². The summed E-state index contributed by atoms with van der Waals surface area (Å²) in [5.74, 6) is 0.686. The van der Waals surface area contributed by atoms with E-state index in [4.69, 9.17) is 4.43 Å².